The van der Waals surface area contributed by atoms with Gasteiger partial charge in [-0.15, -0.1) is 0 Å². The lowest BCUT2D eigenvalue weighted by Gasteiger charge is -2.14. The second kappa shape index (κ2) is 5.18. The van der Waals surface area contributed by atoms with E-state index in [1.807, 2.05) is 6.07 Å². The largest absolute Gasteiger partial charge is 0.367 e. The summed E-state index contributed by atoms with van der Waals surface area (Å²) in [5.41, 5.74) is 0. The standard InChI is InChI=1S/C10H14N4/c1-3-8(4-2)13-9-5-6-12-10(7-11)14-9/h5-6,8H,3-4H2,1-2H3,(H,12,13,14). The third-order valence-electron chi connectivity index (χ3n) is 2.09. The van der Waals surface area contributed by atoms with Crippen LogP contribution in [0.4, 0.5) is 5.82 Å². The van der Waals surface area contributed by atoms with Crippen LogP contribution in [0.2, 0.25) is 0 Å². The summed E-state index contributed by atoms with van der Waals surface area (Å²) < 4.78 is 0. The summed E-state index contributed by atoms with van der Waals surface area (Å²) in [7, 11) is 0. The zero-order chi connectivity index (χ0) is 10.4. The van der Waals surface area contributed by atoms with Gasteiger partial charge in [0.25, 0.3) is 0 Å². The van der Waals surface area contributed by atoms with E-state index in [0.717, 1.165) is 18.7 Å². The van der Waals surface area contributed by atoms with Gasteiger partial charge in [-0.2, -0.15) is 5.26 Å². The molecule has 0 aliphatic heterocycles. The van der Waals surface area contributed by atoms with Crippen molar-refractivity contribution in [2.45, 2.75) is 32.7 Å². The van der Waals surface area contributed by atoms with Crippen LogP contribution < -0.4 is 5.32 Å². The van der Waals surface area contributed by atoms with Crippen molar-refractivity contribution < 1.29 is 0 Å². The summed E-state index contributed by atoms with van der Waals surface area (Å²) in [5, 5.41) is 11.9. The Morgan fingerprint density at radius 2 is 2.21 bits per heavy atom. The molecular weight excluding hydrogens is 176 g/mol. The fourth-order valence-electron chi connectivity index (χ4n) is 1.19. The van der Waals surface area contributed by atoms with Crippen molar-refractivity contribution in [2.75, 3.05) is 5.32 Å². The van der Waals surface area contributed by atoms with Gasteiger partial charge in [0.15, 0.2) is 0 Å². The summed E-state index contributed by atoms with van der Waals surface area (Å²) in [6.45, 7) is 4.24. The van der Waals surface area contributed by atoms with Gasteiger partial charge in [-0.25, -0.2) is 9.97 Å². The molecule has 0 saturated heterocycles. The number of hydrogen-bond acceptors (Lipinski definition) is 4. The summed E-state index contributed by atoms with van der Waals surface area (Å²) in [6, 6.07) is 4.10. The minimum Gasteiger partial charge on any atom is -0.367 e. The average Bonchev–Trinajstić information content (AvgIpc) is 2.26. The molecule has 0 unspecified atom stereocenters. The molecule has 4 nitrogen and oxygen atoms in total. The van der Waals surface area contributed by atoms with Crippen LogP contribution in [0.3, 0.4) is 0 Å². The molecule has 0 aliphatic rings. The van der Waals surface area contributed by atoms with Gasteiger partial charge in [-0.05, 0) is 18.9 Å². The molecule has 74 valence electrons. The van der Waals surface area contributed by atoms with Crippen molar-refractivity contribution in [1.82, 2.24) is 9.97 Å². The monoisotopic (exact) mass is 190 g/mol. The van der Waals surface area contributed by atoms with Crippen LogP contribution in [-0.4, -0.2) is 16.0 Å². The fraction of sp³-hybridized carbons (Fsp3) is 0.500. The number of aromatic nitrogens is 2. The summed E-state index contributed by atoms with van der Waals surface area (Å²) in [6.07, 6.45) is 3.68. The van der Waals surface area contributed by atoms with E-state index in [2.05, 4.69) is 29.1 Å². The number of nitriles is 1. The van der Waals surface area contributed by atoms with E-state index < -0.39 is 0 Å². The fourth-order valence-corrected chi connectivity index (χ4v) is 1.19. The van der Waals surface area contributed by atoms with Gasteiger partial charge in [-0.3, -0.25) is 0 Å². The van der Waals surface area contributed by atoms with Crippen molar-refractivity contribution in [3.8, 4) is 6.07 Å². The molecule has 1 N–H and O–H groups in total. The molecule has 0 radical (unpaired) electrons. The highest BCUT2D eigenvalue weighted by Gasteiger charge is 2.04. The van der Waals surface area contributed by atoms with E-state index in [1.54, 1.807) is 12.3 Å². The zero-order valence-corrected chi connectivity index (χ0v) is 8.49. The molecule has 1 heterocycles. The first kappa shape index (κ1) is 10.5. The Bertz CT molecular complexity index is 325. The lowest BCUT2D eigenvalue weighted by Crippen LogP contribution is -2.18. The Morgan fingerprint density at radius 1 is 1.50 bits per heavy atom. The maximum absolute atomic E-state index is 8.61. The van der Waals surface area contributed by atoms with Crippen molar-refractivity contribution in [3.05, 3.63) is 18.1 Å². The molecule has 14 heavy (non-hydrogen) atoms. The van der Waals surface area contributed by atoms with Crippen LogP contribution in [0.5, 0.6) is 0 Å². The first-order valence-corrected chi connectivity index (χ1v) is 4.79. The quantitative estimate of drug-likeness (QED) is 0.788. The highest BCUT2D eigenvalue weighted by Crippen LogP contribution is 2.07. The van der Waals surface area contributed by atoms with Gasteiger partial charge in [-0.1, -0.05) is 13.8 Å². The van der Waals surface area contributed by atoms with Crippen LogP contribution in [0, 0.1) is 11.3 Å². The molecule has 0 saturated carbocycles. The Morgan fingerprint density at radius 3 is 2.79 bits per heavy atom. The second-order valence-electron chi connectivity index (χ2n) is 3.04. The second-order valence-corrected chi connectivity index (χ2v) is 3.04. The average molecular weight is 190 g/mol. The van der Waals surface area contributed by atoms with E-state index >= 15 is 0 Å². The van der Waals surface area contributed by atoms with E-state index in [-0.39, 0.29) is 5.82 Å². The molecule has 0 spiro atoms. The van der Waals surface area contributed by atoms with Crippen LogP contribution >= 0.6 is 0 Å². The van der Waals surface area contributed by atoms with Crippen LogP contribution in [-0.2, 0) is 0 Å². The van der Waals surface area contributed by atoms with Crippen molar-refractivity contribution in [2.24, 2.45) is 0 Å². The van der Waals surface area contributed by atoms with Crippen LogP contribution in [0.15, 0.2) is 12.3 Å². The number of hydrogen-bond donors (Lipinski definition) is 1. The number of rotatable bonds is 4. The van der Waals surface area contributed by atoms with Gasteiger partial charge in [0, 0.05) is 12.2 Å². The normalized spacial score (nSPS) is 9.86. The first-order chi connectivity index (χ1) is 6.80. The van der Waals surface area contributed by atoms with Crippen molar-refractivity contribution in [3.63, 3.8) is 0 Å². The maximum atomic E-state index is 8.61. The number of nitrogens with one attached hydrogen (secondary N) is 1. The molecular formula is C10H14N4. The van der Waals surface area contributed by atoms with Gasteiger partial charge in [0.05, 0.1) is 0 Å². The lowest BCUT2D eigenvalue weighted by atomic mass is 10.2. The summed E-state index contributed by atoms with van der Waals surface area (Å²) in [5.74, 6) is 0.936. The van der Waals surface area contributed by atoms with E-state index in [4.69, 9.17) is 5.26 Å². The first-order valence-electron chi connectivity index (χ1n) is 4.79. The van der Waals surface area contributed by atoms with E-state index in [1.165, 1.54) is 0 Å². The van der Waals surface area contributed by atoms with Gasteiger partial charge in [0.2, 0.25) is 5.82 Å². The SMILES string of the molecule is CCC(CC)Nc1ccnc(C#N)n1. The molecule has 0 amide bonds. The minimum atomic E-state index is 0.209. The number of anilines is 1. The van der Waals surface area contributed by atoms with E-state index in [9.17, 15) is 0 Å². The third kappa shape index (κ3) is 2.70. The number of nitrogens with zero attached hydrogens (tertiary/aromatic N) is 3. The molecule has 4 heteroatoms. The minimum absolute atomic E-state index is 0.209. The maximum Gasteiger partial charge on any atom is 0.234 e. The lowest BCUT2D eigenvalue weighted by molar-refractivity contribution is 0.668. The predicted molar refractivity (Wildman–Crippen MR) is 54.7 cm³/mol. The molecule has 1 rings (SSSR count). The topological polar surface area (TPSA) is 61.6 Å². The van der Waals surface area contributed by atoms with Gasteiger partial charge >= 0.3 is 0 Å². The molecule has 1 aromatic rings. The summed E-state index contributed by atoms with van der Waals surface area (Å²) in [4.78, 5) is 7.85. The third-order valence-corrected chi connectivity index (χ3v) is 2.09. The Balaban J connectivity index is 2.72. The zero-order valence-electron chi connectivity index (χ0n) is 8.49. The molecule has 1 aromatic heterocycles. The van der Waals surface area contributed by atoms with Crippen molar-refractivity contribution >= 4 is 5.82 Å². The molecule has 0 atom stereocenters. The highest BCUT2D eigenvalue weighted by atomic mass is 15.0. The van der Waals surface area contributed by atoms with Crippen LogP contribution in [0.1, 0.15) is 32.5 Å². The molecule has 0 aromatic carbocycles. The van der Waals surface area contributed by atoms with Gasteiger partial charge < -0.3 is 5.32 Å². The Hall–Kier alpha value is -1.63. The molecule has 0 bridgehead atoms. The predicted octanol–water partition coefficient (Wildman–Crippen LogP) is 1.95. The van der Waals surface area contributed by atoms with E-state index in [0.29, 0.717) is 6.04 Å². The van der Waals surface area contributed by atoms with Crippen molar-refractivity contribution in [1.29, 1.82) is 5.26 Å². The smallest absolute Gasteiger partial charge is 0.234 e. The molecule has 0 aliphatic carbocycles. The Kier molecular flexibility index (Phi) is 3.86. The highest BCUT2D eigenvalue weighted by molar-refractivity contribution is 5.35. The Labute approximate surface area is 84.0 Å². The molecule has 0 fully saturated rings. The summed E-state index contributed by atoms with van der Waals surface area (Å²) >= 11 is 0. The van der Waals surface area contributed by atoms with Gasteiger partial charge in [0.1, 0.15) is 11.9 Å². The van der Waals surface area contributed by atoms with Crippen LogP contribution in [0.25, 0.3) is 0 Å².